The van der Waals surface area contributed by atoms with Gasteiger partial charge in [-0.05, 0) is 24.1 Å². The molecule has 2 rings (SSSR count). The van der Waals surface area contributed by atoms with Crippen LogP contribution in [0.1, 0.15) is 0 Å². The quantitative estimate of drug-likeness (QED) is 0.709. The second-order valence-electron chi connectivity index (χ2n) is 2.92. The molecule has 0 aliphatic carbocycles. The van der Waals surface area contributed by atoms with E-state index in [1.807, 2.05) is 0 Å². The molecule has 1 aliphatic heterocycles. The molecule has 0 saturated heterocycles. The molecule has 1 aliphatic rings. The molecule has 0 aromatic heterocycles. The fourth-order valence-electron chi connectivity index (χ4n) is 1.14. The predicted molar refractivity (Wildman–Crippen MR) is 65.3 cm³/mol. The molecule has 6 nitrogen and oxygen atoms in total. The van der Waals surface area contributed by atoms with Gasteiger partial charge >= 0.3 is 0 Å². The van der Waals surface area contributed by atoms with Crippen LogP contribution in [-0.4, -0.2) is 14.8 Å². The third-order valence-electron chi connectivity index (χ3n) is 1.73. The Balaban J connectivity index is 2.44. The fraction of sp³-hybridized carbons (Fsp3) is 0. The molecular weight excluding hydrogens is 272 g/mol. The molecule has 86 valence electrons. The number of nitrogens with zero attached hydrogens (tertiary/aromatic N) is 1. The lowest BCUT2D eigenvalue weighted by Crippen LogP contribution is -2.22. The number of aliphatic imine (C=N–C) groups is 1. The molecule has 0 atom stereocenters. The molecule has 1 aromatic carbocycles. The number of anilines is 1. The van der Waals surface area contributed by atoms with Crippen molar-refractivity contribution in [2.24, 2.45) is 10.1 Å². The number of fused-ring (bicyclic) bond motifs is 1. The fourth-order valence-corrected chi connectivity index (χ4v) is 2.50. The maximum absolute atomic E-state index is 10.9. The first kappa shape index (κ1) is 11.5. The molecule has 0 spiro atoms. The Kier molecular flexibility index (Phi) is 2.98. The van der Waals surface area contributed by atoms with Crippen molar-refractivity contribution in [1.82, 2.24) is 4.72 Å². The highest BCUT2D eigenvalue weighted by Gasteiger charge is 2.13. The van der Waals surface area contributed by atoms with Gasteiger partial charge in [-0.15, -0.1) is 0 Å². The third-order valence-corrected chi connectivity index (χ3v) is 3.31. The van der Waals surface area contributed by atoms with E-state index >= 15 is 0 Å². The normalized spacial score (nSPS) is 14.1. The molecule has 0 unspecified atom stereocenters. The highest BCUT2D eigenvalue weighted by atomic mass is 35.5. The van der Waals surface area contributed by atoms with Gasteiger partial charge in [0.05, 0.1) is 27.6 Å². The Hall–Kier alpha value is -0.960. The summed E-state index contributed by atoms with van der Waals surface area (Å²) in [4.78, 5) is 4.80. The second kappa shape index (κ2) is 4.13. The number of rotatable bonds is 2. The number of hydrogen-bond acceptors (Lipinski definition) is 5. The Morgan fingerprint density at radius 2 is 2.25 bits per heavy atom. The molecular formula is C7H7ClN4O2S2. The Bertz CT molecular complexity index is 558. The van der Waals surface area contributed by atoms with Gasteiger partial charge in [-0.3, -0.25) is 4.72 Å². The van der Waals surface area contributed by atoms with E-state index in [0.717, 1.165) is 4.90 Å². The predicted octanol–water partition coefficient (Wildman–Crippen LogP) is 1.23. The van der Waals surface area contributed by atoms with Gasteiger partial charge in [0.25, 0.3) is 10.2 Å². The lowest BCUT2D eigenvalue weighted by atomic mass is 10.3. The molecule has 0 bridgehead atoms. The van der Waals surface area contributed by atoms with E-state index in [0.29, 0.717) is 5.69 Å². The smallest absolute Gasteiger partial charge is 0.296 e. The summed E-state index contributed by atoms with van der Waals surface area (Å²) in [5.74, 6) is 0. The number of nitrogens with two attached hydrogens (primary N) is 1. The zero-order chi connectivity index (χ0) is 11.8. The summed E-state index contributed by atoms with van der Waals surface area (Å²) in [5, 5.41) is 5.11. The van der Waals surface area contributed by atoms with E-state index in [4.69, 9.17) is 16.7 Å². The number of halogens is 1. The first-order chi connectivity index (χ1) is 7.46. The van der Waals surface area contributed by atoms with Crippen molar-refractivity contribution >= 4 is 51.5 Å². The molecule has 0 radical (unpaired) electrons. The average molecular weight is 279 g/mol. The largest absolute Gasteiger partial charge is 0.316 e. The van der Waals surface area contributed by atoms with Gasteiger partial charge in [0, 0.05) is 0 Å². The summed E-state index contributed by atoms with van der Waals surface area (Å²) in [6.07, 6.45) is 1.52. The van der Waals surface area contributed by atoms with Gasteiger partial charge in [0.15, 0.2) is 0 Å². The van der Waals surface area contributed by atoms with Crippen LogP contribution >= 0.6 is 23.5 Å². The topological polar surface area (TPSA) is 96.6 Å². The minimum atomic E-state index is -3.83. The number of benzene rings is 1. The van der Waals surface area contributed by atoms with E-state index in [-0.39, 0.29) is 10.7 Å². The van der Waals surface area contributed by atoms with Crippen molar-refractivity contribution in [3.05, 3.63) is 17.2 Å². The minimum absolute atomic E-state index is 0.231. The maximum atomic E-state index is 10.9. The summed E-state index contributed by atoms with van der Waals surface area (Å²) in [6, 6.07) is 3.13. The van der Waals surface area contributed by atoms with Gasteiger partial charge in [-0.25, -0.2) is 10.1 Å². The Morgan fingerprint density at radius 3 is 2.94 bits per heavy atom. The first-order valence-electron chi connectivity index (χ1n) is 4.05. The Morgan fingerprint density at radius 1 is 1.50 bits per heavy atom. The van der Waals surface area contributed by atoms with Crippen molar-refractivity contribution in [3.8, 4) is 0 Å². The molecule has 0 fully saturated rings. The van der Waals surface area contributed by atoms with Gasteiger partial charge < -0.3 is 4.72 Å². The molecule has 9 heteroatoms. The summed E-state index contributed by atoms with van der Waals surface area (Å²) >= 11 is 7.19. The number of hydrogen-bond donors (Lipinski definition) is 3. The lowest BCUT2D eigenvalue weighted by molar-refractivity contribution is 0.603. The molecule has 0 saturated carbocycles. The van der Waals surface area contributed by atoms with Crippen molar-refractivity contribution in [2.75, 3.05) is 4.72 Å². The summed E-state index contributed by atoms with van der Waals surface area (Å²) in [7, 11) is -3.83. The van der Waals surface area contributed by atoms with Gasteiger partial charge in [-0.1, -0.05) is 11.6 Å². The maximum Gasteiger partial charge on any atom is 0.296 e. The molecule has 16 heavy (non-hydrogen) atoms. The standard InChI is InChI=1S/C7H7ClN4O2S2/c8-4-1-6-7(15-11-3-10-6)2-5(4)12-16(9,13)14/h1-3,12H,(H,10,11)(H2,9,13,14). The zero-order valence-corrected chi connectivity index (χ0v) is 10.2. The summed E-state index contributed by atoms with van der Waals surface area (Å²) in [6.45, 7) is 0. The van der Waals surface area contributed by atoms with E-state index < -0.39 is 10.2 Å². The first-order valence-corrected chi connectivity index (χ1v) is 6.79. The van der Waals surface area contributed by atoms with Crippen molar-refractivity contribution in [3.63, 3.8) is 0 Å². The van der Waals surface area contributed by atoms with Crippen LogP contribution in [0.2, 0.25) is 5.02 Å². The highest BCUT2D eigenvalue weighted by molar-refractivity contribution is 7.98. The lowest BCUT2D eigenvalue weighted by Gasteiger charge is -2.13. The monoisotopic (exact) mass is 278 g/mol. The highest BCUT2D eigenvalue weighted by Crippen LogP contribution is 2.37. The van der Waals surface area contributed by atoms with E-state index in [1.165, 1.54) is 18.3 Å². The van der Waals surface area contributed by atoms with Gasteiger partial charge in [-0.2, -0.15) is 8.42 Å². The molecule has 1 heterocycles. The Labute approximate surface area is 102 Å². The summed E-state index contributed by atoms with van der Waals surface area (Å²) < 4.78 is 26.7. The van der Waals surface area contributed by atoms with Gasteiger partial charge in [0.2, 0.25) is 0 Å². The molecule has 4 N–H and O–H groups in total. The van der Waals surface area contributed by atoms with Gasteiger partial charge in [0.1, 0.15) is 0 Å². The van der Waals surface area contributed by atoms with Crippen LogP contribution in [0.5, 0.6) is 0 Å². The van der Waals surface area contributed by atoms with Crippen molar-refractivity contribution in [1.29, 1.82) is 0 Å². The van der Waals surface area contributed by atoms with Crippen LogP contribution in [0.25, 0.3) is 0 Å². The average Bonchev–Trinajstić information content (AvgIpc) is 2.17. The van der Waals surface area contributed by atoms with Crippen molar-refractivity contribution in [2.45, 2.75) is 4.90 Å². The van der Waals surface area contributed by atoms with Crippen LogP contribution in [0.15, 0.2) is 22.0 Å². The number of nitrogens with one attached hydrogen (secondary N) is 2. The summed E-state index contributed by atoms with van der Waals surface area (Å²) in [5.41, 5.74) is 0.906. The molecule has 0 amide bonds. The minimum Gasteiger partial charge on any atom is -0.316 e. The SMILES string of the molecule is NS(=O)(=O)Nc1cc2c(cc1Cl)N=CNS2. The molecule has 1 aromatic rings. The van der Waals surface area contributed by atoms with E-state index in [9.17, 15) is 8.42 Å². The second-order valence-corrected chi connectivity index (χ2v) is 5.51. The third kappa shape index (κ3) is 2.59. The van der Waals surface area contributed by atoms with Crippen LogP contribution in [0.3, 0.4) is 0 Å². The van der Waals surface area contributed by atoms with Crippen molar-refractivity contribution < 1.29 is 8.42 Å². The zero-order valence-electron chi connectivity index (χ0n) is 7.77. The van der Waals surface area contributed by atoms with Crippen LogP contribution < -0.4 is 14.6 Å². The van der Waals surface area contributed by atoms with Crippen LogP contribution in [0, 0.1) is 0 Å². The van der Waals surface area contributed by atoms with Crippen LogP contribution in [-0.2, 0) is 10.2 Å². The van der Waals surface area contributed by atoms with E-state index in [1.54, 1.807) is 12.1 Å². The van der Waals surface area contributed by atoms with Crippen LogP contribution in [0.4, 0.5) is 11.4 Å². The van der Waals surface area contributed by atoms with E-state index in [2.05, 4.69) is 14.4 Å².